The lowest BCUT2D eigenvalue weighted by Crippen LogP contribution is -2.41. The molecular weight excluding hydrogens is 411 g/mol. The van der Waals surface area contributed by atoms with E-state index in [0.717, 1.165) is 24.0 Å². The average molecular weight is 441 g/mol. The molecule has 2 bridgehead atoms. The van der Waals surface area contributed by atoms with E-state index in [2.05, 4.69) is 18.2 Å². The molecule has 2 aliphatic rings. The Balaban J connectivity index is 1.46. The quantitative estimate of drug-likeness (QED) is 0.415. The number of allylic oxidation sites excluding steroid dienone is 1. The lowest BCUT2D eigenvalue weighted by atomic mass is 9.69. The highest BCUT2D eigenvalue weighted by atomic mass is 19.1. The summed E-state index contributed by atoms with van der Waals surface area (Å²) < 4.78 is 31.0. The van der Waals surface area contributed by atoms with Crippen molar-refractivity contribution in [1.29, 1.82) is 0 Å². The van der Waals surface area contributed by atoms with Crippen molar-refractivity contribution < 1.29 is 28.5 Å². The Labute approximate surface area is 187 Å². The highest BCUT2D eigenvalue weighted by Gasteiger charge is 2.59. The van der Waals surface area contributed by atoms with Crippen LogP contribution in [0.4, 0.5) is 4.39 Å². The fraction of sp³-hybridized carbons (Fsp3) is 0.423. The second-order valence-corrected chi connectivity index (χ2v) is 8.60. The molecule has 1 aliphatic carbocycles. The minimum Gasteiger partial charge on any atom is -0.480 e. The second-order valence-electron chi connectivity index (χ2n) is 8.60. The van der Waals surface area contributed by atoms with Gasteiger partial charge in [0.1, 0.15) is 12.4 Å². The number of hydrogen-bond donors (Lipinski definition) is 1. The molecule has 0 aromatic heterocycles. The highest BCUT2D eigenvalue weighted by molar-refractivity contribution is 5.68. The van der Waals surface area contributed by atoms with Crippen LogP contribution in [0.2, 0.25) is 0 Å². The summed E-state index contributed by atoms with van der Waals surface area (Å²) in [5, 5.41) is 8.69. The SMILES string of the molecule is O=C(O)COC/C=C\CC1C(COCc2ccccc2)C2CC1(c1ccc(F)cc1)CO2. The van der Waals surface area contributed by atoms with Crippen LogP contribution in [0.15, 0.2) is 66.7 Å². The summed E-state index contributed by atoms with van der Waals surface area (Å²) in [5.41, 5.74) is 2.06. The van der Waals surface area contributed by atoms with Crippen LogP contribution in [0.25, 0.3) is 0 Å². The van der Waals surface area contributed by atoms with E-state index in [1.54, 1.807) is 0 Å². The number of carboxylic acids is 1. The normalized spacial score (nSPS) is 26.7. The Bertz CT molecular complexity index is 914. The number of rotatable bonds is 11. The Hall–Kier alpha value is -2.54. The molecule has 2 aromatic rings. The van der Waals surface area contributed by atoms with Crippen molar-refractivity contribution in [3.8, 4) is 0 Å². The predicted molar refractivity (Wildman–Crippen MR) is 118 cm³/mol. The maximum absolute atomic E-state index is 13.6. The van der Waals surface area contributed by atoms with Crippen molar-refractivity contribution in [1.82, 2.24) is 0 Å². The smallest absolute Gasteiger partial charge is 0.329 e. The fourth-order valence-corrected chi connectivity index (χ4v) is 5.17. The van der Waals surface area contributed by atoms with Crippen LogP contribution in [-0.2, 0) is 31.0 Å². The van der Waals surface area contributed by atoms with Gasteiger partial charge >= 0.3 is 5.97 Å². The third-order valence-corrected chi connectivity index (χ3v) is 6.66. The summed E-state index contributed by atoms with van der Waals surface area (Å²) >= 11 is 0. The average Bonchev–Trinajstić information content (AvgIpc) is 3.35. The molecule has 1 saturated heterocycles. The van der Waals surface area contributed by atoms with Crippen LogP contribution in [0.1, 0.15) is 24.0 Å². The van der Waals surface area contributed by atoms with Crippen molar-refractivity contribution in [3.63, 3.8) is 0 Å². The lowest BCUT2D eigenvalue weighted by Gasteiger charge is -2.39. The van der Waals surface area contributed by atoms with Crippen LogP contribution >= 0.6 is 0 Å². The minimum atomic E-state index is -0.977. The third kappa shape index (κ3) is 5.09. The first-order valence-electron chi connectivity index (χ1n) is 11.0. The first-order valence-corrected chi connectivity index (χ1v) is 11.0. The van der Waals surface area contributed by atoms with E-state index in [1.165, 1.54) is 12.1 Å². The summed E-state index contributed by atoms with van der Waals surface area (Å²) in [7, 11) is 0. The molecule has 1 N–H and O–H groups in total. The van der Waals surface area contributed by atoms with Gasteiger partial charge in [-0.2, -0.15) is 0 Å². The molecule has 32 heavy (non-hydrogen) atoms. The number of halogens is 1. The van der Waals surface area contributed by atoms with Crippen molar-refractivity contribution in [2.45, 2.75) is 31.0 Å². The topological polar surface area (TPSA) is 65.0 Å². The Morgan fingerprint density at radius 1 is 1.12 bits per heavy atom. The van der Waals surface area contributed by atoms with Gasteiger partial charge in [-0.15, -0.1) is 0 Å². The Morgan fingerprint density at radius 3 is 2.66 bits per heavy atom. The van der Waals surface area contributed by atoms with E-state index in [4.69, 9.17) is 19.3 Å². The lowest BCUT2D eigenvalue weighted by molar-refractivity contribution is -0.141. The van der Waals surface area contributed by atoms with Crippen molar-refractivity contribution in [3.05, 3.63) is 83.7 Å². The molecule has 1 heterocycles. The zero-order valence-corrected chi connectivity index (χ0v) is 18.0. The predicted octanol–water partition coefficient (Wildman–Crippen LogP) is 4.36. The van der Waals surface area contributed by atoms with Crippen molar-refractivity contribution in [2.24, 2.45) is 11.8 Å². The van der Waals surface area contributed by atoms with Gasteiger partial charge in [0.25, 0.3) is 0 Å². The first-order chi connectivity index (χ1) is 15.6. The molecule has 4 unspecified atom stereocenters. The number of ether oxygens (including phenoxy) is 3. The summed E-state index contributed by atoms with van der Waals surface area (Å²) in [6.07, 6.45) is 5.73. The molecule has 4 atom stereocenters. The number of carboxylic acid groups (broad SMARTS) is 1. The van der Waals surface area contributed by atoms with Gasteiger partial charge < -0.3 is 19.3 Å². The van der Waals surface area contributed by atoms with E-state index in [0.29, 0.717) is 19.8 Å². The summed E-state index contributed by atoms with van der Waals surface area (Å²) in [6.45, 7) is 1.72. The molecule has 5 nitrogen and oxygen atoms in total. The van der Waals surface area contributed by atoms with E-state index in [9.17, 15) is 9.18 Å². The Kier molecular flexibility index (Phi) is 7.35. The number of benzene rings is 2. The van der Waals surface area contributed by atoms with Crippen LogP contribution in [0, 0.1) is 17.7 Å². The van der Waals surface area contributed by atoms with E-state index < -0.39 is 5.97 Å². The van der Waals surface area contributed by atoms with Gasteiger partial charge in [-0.3, -0.25) is 0 Å². The van der Waals surface area contributed by atoms with Crippen molar-refractivity contribution in [2.75, 3.05) is 26.4 Å². The largest absolute Gasteiger partial charge is 0.480 e. The molecule has 4 rings (SSSR count). The molecule has 6 heteroatoms. The molecule has 2 fully saturated rings. The molecule has 0 spiro atoms. The second kappa shape index (κ2) is 10.4. The van der Waals surface area contributed by atoms with Gasteiger partial charge in [0.2, 0.25) is 0 Å². The van der Waals surface area contributed by atoms with Crippen LogP contribution in [0.3, 0.4) is 0 Å². The molecule has 0 amide bonds. The van der Waals surface area contributed by atoms with Gasteiger partial charge in [-0.05, 0) is 42.0 Å². The van der Waals surface area contributed by atoms with Crippen LogP contribution in [0.5, 0.6) is 0 Å². The summed E-state index contributed by atoms with van der Waals surface area (Å²) in [5.74, 6) is -0.719. The van der Waals surface area contributed by atoms with E-state index in [1.807, 2.05) is 36.4 Å². The maximum Gasteiger partial charge on any atom is 0.329 e. The van der Waals surface area contributed by atoms with Gasteiger partial charge in [0.05, 0.1) is 32.5 Å². The van der Waals surface area contributed by atoms with Crippen LogP contribution < -0.4 is 0 Å². The minimum absolute atomic E-state index is 0.109. The maximum atomic E-state index is 13.6. The van der Waals surface area contributed by atoms with E-state index in [-0.39, 0.29) is 42.4 Å². The zero-order chi connectivity index (χ0) is 22.4. The number of aliphatic carboxylic acids is 1. The van der Waals surface area contributed by atoms with Crippen LogP contribution in [-0.4, -0.2) is 43.6 Å². The molecule has 0 radical (unpaired) electrons. The van der Waals surface area contributed by atoms with Gasteiger partial charge in [-0.25, -0.2) is 9.18 Å². The summed E-state index contributed by atoms with van der Waals surface area (Å²) in [6, 6.07) is 16.9. The standard InChI is InChI=1S/C26H29FO5/c27-21-11-9-20(10-12-21)26-14-24(32-18-26)22(16-31-15-19-6-2-1-3-7-19)23(26)8-4-5-13-30-17-25(28)29/h1-7,9-12,22-24H,8,13-18H2,(H,28,29)/b5-4-. The fourth-order valence-electron chi connectivity index (χ4n) is 5.17. The number of fused-ring (bicyclic) bond motifs is 2. The first kappa shape index (κ1) is 22.6. The molecule has 1 aliphatic heterocycles. The Morgan fingerprint density at radius 2 is 1.91 bits per heavy atom. The van der Waals surface area contributed by atoms with Gasteiger partial charge in [0, 0.05) is 11.3 Å². The third-order valence-electron chi connectivity index (χ3n) is 6.66. The molecule has 170 valence electrons. The van der Waals surface area contributed by atoms with Gasteiger partial charge in [-0.1, -0.05) is 54.6 Å². The molecule has 2 aromatic carbocycles. The van der Waals surface area contributed by atoms with E-state index >= 15 is 0 Å². The number of hydrogen-bond acceptors (Lipinski definition) is 4. The zero-order valence-electron chi connectivity index (χ0n) is 18.0. The molecular formula is C26H29FO5. The number of carbonyl (C=O) groups is 1. The highest BCUT2D eigenvalue weighted by Crippen LogP contribution is 2.56. The summed E-state index contributed by atoms with van der Waals surface area (Å²) in [4.78, 5) is 10.6. The molecule has 1 saturated carbocycles. The van der Waals surface area contributed by atoms with Crippen molar-refractivity contribution >= 4 is 5.97 Å². The van der Waals surface area contributed by atoms with Gasteiger partial charge in [0.15, 0.2) is 0 Å². The monoisotopic (exact) mass is 440 g/mol.